The number of carbonyl (C=O) groups excluding carboxylic acids is 1. The highest BCUT2D eigenvalue weighted by Crippen LogP contribution is 2.32. The molecule has 0 aliphatic carbocycles. The number of amides is 1. The highest BCUT2D eigenvalue weighted by molar-refractivity contribution is 6.11. The molecule has 3 aromatic rings. The molecule has 150 valence electrons. The van der Waals surface area contributed by atoms with E-state index in [1.54, 1.807) is 42.5 Å². The van der Waals surface area contributed by atoms with Crippen LogP contribution in [0.3, 0.4) is 0 Å². The normalized spacial score (nSPS) is 12.7. The number of hydrogen-bond donors (Lipinski definition) is 1. The van der Waals surface area contributed by atoms with Crippen molar-refractivity contribution in [2.45, 2.75) is 32.7 Å². The van der Waals surface area contributed by atoms with Gasteiger partial charge in [0.05, 0.1) is 5.39 Å². The monoisotopic (exact) mass is 393 g/mol. The van der Waals surface area contributed by atoms with E-state index in [0.29, 0.717) is 47.7 Å². The van der Waals surface area contributed by atoms with Gasteiger partial charge in [0, 0.05) is 23.7 Å². The number of ether oxygens (including phenoxy) is 2. The summed E-state index contributed by atoms with van der Waals surface area (Å²) >= 11 is 0. The fraction of sp³-hybridized carbons (Fsp3) is 0.318. The number of nitrogens with one attached hydrogen (secondary N) is 1. The van der Waals surface area contributed by atoms with Crippen LogP contribution in [0.2, 0.25) is 0 Å². The van der Waals surface area contributed by atoms with Crippen LogP contribution in [0.25, 0.3) is 10.8 Å². The van der Waals surface area contributed by atoms with E-state index < -0.39 is 0 Å². The number of carbonyl (C=O) groups is 1. The van der Waals surface area contributed by atoms with Crippen LogP contribution in [-0.2, 0) is 6.54 Å². The number of aryl methyl sites for hydroxylation is 1. The van der Waals surface area contributed by atoms with Crippen LogP contribution in [0.15, 0.2) is 47.3 Å². The summed E-state index contributed by atoms with van der Waals surface area (Å²) in [5, 5.41) is 8.29. The minimum absolute atomic E-state index is 0.174. The largest absolute Gasteiger partial charge is 0.486 e. The molecule has 2 aromatic carbocycles. The van der Waals surface area contributed by atoms with Crippen LogP contribution in [0.1, 0.15) is 36.7 Å². The van der Waals surface area contributed by atoms with Crippen molar-refractivity contribution in [2.75, 3.05) is 18.5 Å². The molecule has 1 aliphatic heterocycles. The minimum Gasteiger partial charge on any atom is -0.486 e. The Balaban J connectivity index is 1.67. The standard InChI is InChI=1S/C22H23N3O4/c1-2-3-6-11-25-22(27)17-8-5-4-7-16(17)20(24-25)21(26)23-15-9-10-18-19(14-15)29-13-12-28-18/h4-5,7-10,14H,2-3,6,11-13H2,1H3,(H,23,26). The van der Waals surface area contributed by atoms with E-state index in [9.17, 15) is 9.59 Å². The summed E-state index contributed by atoms with van der Waals surface area (Å²) < 4.78 is 12.5. The van der Waals surface area contributed by atoms with E-state index in [1.165, 1.54) is 4.68 Å². The van der Waals surface area contributed by atoms with Crippen LogP contribution in [0, 0.1) is 0 Å². The number of benzene rings is 2. The third-order valence-electron chi connectivity index (χ3n) is 4.86. The molecule has 0 saturated carbocycles. The second-order valence-corrected chi connectivity index (χ2v) is 6.94. The molecule has 7 nitrogen and oxygen atoms in total. The SMILES string of the molecule is CCCCCn1nc(C(=O)Nc2ccc3c(c2)OCCO3)c2ccccc2c1=O. The molecule has 2 heterocycles. The van der Waals surface area contributed by atoms with Crippen molar-refractivity contribution in [1.82, 2.24) is 9.78 Å². The Kier molecular flexibility index (Phi) is 5.46. The lowest BCUT2D eigenvalue weighted by molar-refractivity contribution is 0.102. The molecule has 0 radical (unpaired) electrons. The predicted octanol–water partition coefficient (Wildman–Crippen LogP) is 3.61. The maximum atomic E-state index is 13.0. The van der Waals surface area contributed by atoms with Gasteiger partial charge in [0.15, 0.2) is 17.2 Å². The fourth-order valence-electron chi connectivity index (χ4n) is 3.38. The summed E-state index contributed by atoms with van der Waals surface area (Å²) in [6.07, 6.45) is 2.88. The molecule has 0 atom stereocenters. The van der Waals surface area contributed by atoms with Crippen LogP contribution < -0.4 is 20.3 Å². The average molecular weight is 393 g/mol. The maximum absolute atomic E-state index is 13.0. The molecule has 0 saturated heterocycles. The minimum atomic E-state index is -0.373. The second-order valence-electron chi connectivity index (χ2n) is 6.94. The number of nitrogens with zero attached hydrogens (tertiary/aromatic N) is 2. The molecule has 0 fully saturated rings. The highest BCUT2D eigenvalue weighted by atomic mass is 16.6. The summed E-state index contributed by atoms with van der Waals surface area (Å²) in [6.45, 7) is 3.57. The second kappa shape index (κ2) is 8.34. The molecule has 7 heteroatoms. The Labute approximate surface area is 168 Å². The number of fused-ring (bicyclic) bond motifs is 2. The molecule has 4 rings (SSSR count). The molecular weight excluding hydrogens is 370 g/mol. The van der Waals surface area contributed by atoms with Gasteiger partial charge in [-0.15, -0.1) is 0 Å². The number of aromatic nitrogens is 2. The van der Waals surface area contributed by atoms with Crippen LogP contribution in [0.4, 0.5) is 5.69 Å². The zero-order valence-electron chi connectivity index (χ0n) is 16.3. The Morgan fingerprint density at radius 2 is 1.83 bits per heavy atom. The van der Waals surface area contributed by atoms with Crippen LogP contribution >= 0.6 is 0 Å². The van der Waals surface area contributed by atoms with Gasteiger partial charge in [-0.05, 0) is 24.6 Å². The van der Waals surface area contributed by atoms with Crippen molar-refractivity contribution < 1.29 is 14.3 Å². The molecule has 29 heavy (non-hydrogen) atoms. The number of unbranched alkanes of at least 4 members (excludes halogenated alkanes) is 2. The first-order valence-electron chi connectivity index (χ1n) is 9.88. The van der Waals surface area contributed by atoms with Crippen molar-refractivity contribution in [3.8, 4) is 11.5 Å². The van der Waals surface area contributed by atoms with Gasteiger partial charge in [-0.1, -0.05) is 38.0 Å². The summed E-state index contributed by atoms with van der Waals surface area (Å²) in [6, 6.07) is 12.3. The van der Waals surface area contributed by atoms with Crippen LogP contribution in [-0.4, -0.2) is 28.9 Å². The van der Waals surface area contributed by atoms with Gasteiger partial charge < -0.3 is 14.8 Å². The maximum Gasteiger partial charge on any atom is 0.276 e. The number of anilines is 1. The van der Waals surface area contributed by atoms with Gasteiger partial charge in [-0.25, -0.2) is 4.68 Å². The van der Waals surface area contributed by atoms with Crippen molar-refractivity contribution in [3.63, 3.8) is 0 Å². The average Bonchev–Trinajstić information content (AvgIpc) is 2.75. The van der Waals surface area contributed by atoms with E-state index in [-0.39, 0.29) is 17.2 Å². The molecule has 1 amide bonds. The van der Waals surface area contributed by atoms with Crippen molar-refractivity contribution in [2.24, 2.45) is 0 Å². The third kappa shape index (κ3) is 3.94. The Morgan fingerprint density at radius 3 is 2.62 bits per heavy atom. The zero-order valence-corrected chi connectivity index (χ0v) is 16.3. The molecule has 1 N–H and O–H groups in total. The Morgan fingerprint density at radius 1 is 1.07 bits per heavy atom. The number of hydrogen-bond acceptors (Lipinski definition) is 5. The van der Waals surface area contributed by atoms with Crippen molar-refractivity contribution in [1.29, 1.82) is 0 Å². The van der Waals surface area contributed by atoms with Gasteiger partial charge in [0.2, 0.25) is 0 Å². The first kappa shape index (κ1) is 19.0. The van der Waals surface area contributed by atoms with E-state index in [1.807, 2.05) is 0 Å². The van der Waals surface area contributed by atoms with E-state index >= 15 is 0 Å². The lowest BCUT2D eigenvalue weighted by Crippen LogP contribution is -2.27. The molecule has 0 spiro atoms. The van der Waals surface area contributed by atoms with Gasteiger partial charge >= 0.3 is 0 Å². The summed E-state index contributed by atoms with van der Waals surface area (Å²) in [7, 11) is 0. The predicted molar refractivity (Wildman–Crippen MR) is 111 cm³/mol. The molecular formula is C22H23N3O4. The summed E-state index contributed by atoms with van der Waals surface area (Å²) in [4.78, 5) is 25.8. The van der Waals surface area contributed by atoms with Gasteiger partial charge in [0.1, 0.15) is 13.2 Å². The van der Waals surface area contributed by atoms with Crippen molar-refractivity contribution >= 4 is 22.4 Å². The van der Waals surface area contributed by atoms with Crippen LogP contribution in [0.5, 0.6) is 11.5 Å². The first-order valence-corrected chi connectivity index (χ1v) is 9.88. The van der Waals surface area contributed by atoms with Gasteiger partial charge in [-0.2, -0.15) is 5.10 Å². The van der Waals surface area contributed by atoms with E-state index in [4.69, 9.17) is 9.47 Å². The Hall–Kier alpha value is -3.35. The summed E-state index contributed by atoms with van der Waals surface area (Å²) in [5.41, 5.74) is 0.632. The van der Waals surface area contributed by atoms with Gasteiger partial charge in [0.25, 0.3) is 11.5 Å². The molecule has 0 bridgehead atoms. The van der Waals surface area contributed by atoms with Gasteiger partial charge in [-0.3, -0.25) is 9.59 Å². The lowest BCUT2D eigenvalue weighted by atomic mass is 10.1. The Bertz CT molecular complexity index is 1110. The van der Waals surface area contributed by atoms with E-state index in [2.05, 4.69) is 17.3 Å². The quantitative estimate of drug-likeness (QED) is 0.647. The lowest BCUT2D eigenvalue weighted by Gasteiger charge is -2.19. The topological polar surface area (TPSA) is 82.5 Å². The van der Waals surface area contributed by atoms with Crippen molar-refractivity contribution in [3.05, 3.63) is 58.5 Å². The zero-order chi connectivity index (χ0) is 20.2. The highest BCUT2D eigenvalue weighted by Gasteiger charge is 2.18. The smallest absolute Gasteiger partial charge is 0.276 e. The molecule has 1 aliphatic rings. The molecule has 0 unspecified atom stereocenters. The summed E-state index contributed by atoms with van der Waals surface area (Å²) in [5.74, 6) is 0.876. The third-order valence-corrected chi connectivity index (χ3v) is 4.86. The fourth-order valence-corrected chi connectivity index (χ4v) is 3.38. The first-order chi connectivity index (χ1) is 14.2. The number of rotatable bonds is 6. The molecule has 1 aromatic heterocycles. The van der Waals surface area contributed by atoms with E-state index in [0.717, 1.165) is 19.3 Å².